The van der Waals surface area contributed by atoms with Crippen LogP contribution in [0.25, 0.3) is 0 Å². The maximum atomic E-state index is 12.9. The number of halogens is 2. The highest BCUT2D eigenvalue weighted by molar-refractivity contribution is 7.89. The number of rotatable bonds is 5. The Morgan fingerprint density at radius 1 is 1.03 bits per heavy atom. The molecule has 2 saturated heterocycles. The fourth-order valence-electron chi connectivity index (χ4n) is 4.15. The van der Waals surface area contributed by atoms with Crippen molar-refractivity contribution in [2.45, 2.75) is 33.2 Å². The minimum absolute atomic E-state index is 0. The van der Waals surface area contributed by atoms with E-state index in [0.717, 1.165) is 25.3 Å². The number of aromatic nitrogens is 2. The van der Waals surface area contributed by atoms with E-state index in [-0.39, 0.29) is 43.0 Å². The van der Waals surface area contributed by atoms with Crippen molar-refractivity contribution in [2.24, 2.45) is 0 Å². The third-order valence-corrected chi connectivity index (χ3v) is 7.90. The zero-order valence-corrected chi connectivity index (χ0v) is 21.4. The number of piperazine rings is 1. The molecule has 0 radical (unpaired) electrons. The quantitative estimate of drug-likeness (QED) is 0.608. The molecule has 2 aliphatic heterocycles. The van der Waals surface area contributed by atoms with E-state index in [1.807, 2.05) is 11.1 Å². The highest BCUT2D eigenvalue weighted by Gasteiger charge is 2.29. The zero-order chi connectivity index (χ0) is 22.0. The van der Waals surface area contributed by atoms with Gasteiger partial charge in [-0.1, -0.05) is 13.0 Å². The molecule has 0 spiro atoms. The van der Waals surface area contributed by atoms with E-state index in [2.05, 4.69) is 34.8 Å². The number of anilines is 1. The van der Waals surface area contributed by atoms with Gasteiger partial charge in [0.1, 0.15) is 5.82 Å². The summed E-state index contributed by atoms with van der Waals surface area (Å²) in [6.45, 7) is 7.73. The number of nitrogens with zero attached hydrogens (tertiary/aromatic N) is 5. The fraction of sp³-hybridized carbons (Fsp3) is 0.500. The predicted octanol–water partition coefficient (Wildman–Crippen LogP) is 2.69. The Morgan fingerprint density at radius 2 is 1.76 bits per heavy atom. The van der Waals surface area contributed by atoms with Gasteiger partial charge in [-0.2, -0.15) is 4.31 Å². The van der Waals surface area contributed by atoms with Gasteiger partial charge in [0, 0.05) is 45.1 Å². The topological polar surface area (TPSA) is 86.7 Å². The molecule has 2 aliphatic rings. The van der Waals surface area contributed by atoms with Crippen LogP contribution in [0.3, 0.4) is 0 Å². The van der Waals surface area contributed by atoms with Crippen molar-refractivity contribution in [2.75, 3.05) is 43.4 Å². The molecule has 4 rings (SSSR count). The van der Waals surface area contributed by atoms with Gasteiger partial charge in [-0.15, -0.1) is 24.8 Å². The van der Waals surface area contributed by atoms with Crippen LogP contribution in [0, 0.1) is 6.92 Å². The van der Waals surface area contributed by atoms with Crippen LogP contribution >= 0.6 is 24.8 Å². The van der Waals surface area contributed by atoms with Crippen LogP contribution in [0.15, 0.2) is 30.6 Å². The van der Waals surface area contributed by atoms with Crippen molar-refractivity contribution >= 4 is 46.6 Å². The monoisotopic (exact) mass is 515 g/mol. The third-order valence-electron chi connectivity index (χ3n) is 6.00. The van der Waals surface area contributed by atoms with E-state index >= 15 is 0 Å². The lowest BCUT2D eigenvalue weighted by Crippen LogP contribution is -2.49. The van der Waals surface area contributed by atoms with Crippen LogP contribution in [0.1, 0.15) is 40.5 Å². The molecule has 4 heterocycles. The van der Waals surface area contributed by atoms with E-state index < -0.39 is 10.0 Å². The number of amides is 1. The van der Waals surface area contributed by atoms with E-state index in [0.29, 0.717) is 37.3 Å². The lowest BCUT2D eigenvalue weighted by Gasteiger charge is -2.36. The van der Waals surface area contributed by atoms with Crippen LogP contribution < -0.4 is 4.90 Å². The molecular weight excluding hydrogens is 485 g/mol. The second-order valence-corrected chi connectivity index (χ2v) is 10.2. The van der Waals surface area contributed by atoms with E-state index in [4.69, 9.17) is 0 Å². The maximum Gasteiger partial charge on any atom is 0.255 e. The molecule has 11 heteroatoms. The Balaban J connectivity index is 0.00000193. The molecule has 0 saturated carbocycles. The Hall–Kier alpha value is -1.94. The molecule has 0 unspecified atom stereocenters. The van der Waals surface area contributed by atoms with Gasteiger partial charge in [0.05, 0.1) is 23.6 Å². The summed E-state index contributed by atoms with van der Waals surface area (Å²) in [5.41, 5.74) is 3.58. The Labute approximate surface area is 208 Å². The summed E-state index contributed by atoms with van der Waals surface area (Å²) in [7, 11) is -3.16. The van der Waals surface area contributed by atoms with Crippen LogP contribution in [0.5, 0.6) is 0 Å². The van der Waals surface area contributed by atoms with E-state index in [9.17, 15) is 13.2 Å². The first-order chi connectivity index (χ1) is 14.9. The number of sulfonamides is 1. The van der Waals surface area contributed by atoms with Crippen molar-refractivity contribution in [1.29, 1.82) is 0 Å². The molecule has 0 aliphatic carbocycles. The normalized spacial score (nSPS) is 17.9. The van der Waals surface area contributed by atoms with E-state index in [1.165, 1.54) is 15.4 Å². The summed E-state index contributed by atoms with van der Waals surface area (Å²) in [6, 6.07) is 5.68. The van der Waals surface area contributed by atoms with Crippen LogP contribution in [0.2, 0.25) is 0 Å². The largest absolute Gasteiger partial charge is 0.353 e. The highest BCUT2D eigenvalue weighted by Crippen LogP contribution is 2.21. The highest BCUT2D eigenvalue weighted by atomic mass is 35.5. The van der Waals surface area contributed by atoms with Gasteiger partial charge in [0.15, 0.2) is 0 Å². The van der Waals surface area contributed by atoms with Crippen molar-refractivity contribution in [3.8, 4) is 0 Å². The average Bonchev–Trinajstić information content (AvgIpc) is 3.11. The first kappa shape index (κ1) is 27.3. The lowest BCUT2D eigenvalue weighted by atomic mass is 10.1. The Morgan fingerprint density at radius 3 is 2.30 bits per heavy atom. The molecule has 182 valence electrons. The van der Waals surface area contributed by atoms with Crippen LogP contribution in [0.4, 0.5) is 5.82 Å². The minimum Gasteiger partial charge on any atom is -0.353 e. The Bertz CT molecular complexity index is 1060. The molecule has 0 aromatic carbocycles. The second kappa shape index (κ2) is 11.5. The lowest BCUT2D eigenvalue weighted by molar-refractivity contribution is 0.0746. The molecule has 8 nitrogen and oxygen atoms in total. The number of hydrogen-bond donors (Lipinski definition) is 0. The minimum atomic E-state index is -3.16. The van der Waals surface area contributed by atoms with Crippen LogP contribution in [-0.4, -0.2) is 72.0 Å². The molecule has 2 aromatic rings. The van der Waals surface area contributed by atoms with Crippen molar-refractivity contribution in [3.63, 3.8) is 0 Å². The van der Waals surface area contributed by atoms with Gasteiger partial charge in [0.2, 0.25) is 10.0 Å². The van der Waals surface area contributed by atoms with Gasteiger partial charge in [0.25, 0.3) is 5.91 Å². The molecule has 0 N–H and O–H groups in total. The van der Waals surface area contributed by atoms with Crippen molar-refractivity contribution in [1.82, 2.24) is 19.2 Å². The average molecular weight is 516 g/mol. The molecule has 33 heavy (non-hydrogen) atoms. The molecule has 0 bridgehead atoms. The predicted molar refractivity (Wildman–Crippen MR) is 134 cm³/mol. The van der Waals surface area contributed by atoms with Gasteiger partial charge in [-0.25, -0.2) is 13.4 Å². The van der Waals surface area contributed by atoms with Gasteiger partial charge in [-0.05, 0) is 43.0 Å². The standard InChI is InChI=1S/C22H29N5O3S.2ClH/c1-3-18-13-17(2)21(24-14-18)25-8-10-26(11-9-25)22(28)19-5-6-20(23-15-19)16-27-7-4-12-31(27,29)30;;/h5-6,13-15H,3-4,7-12,16H2,1-2H3;2*1H. The zero-order valence-electron chi connectivity index (χ0n) is 18.9. The summed E-state index contributed by atoms with van der Waals surface area (Å²) in [4.78, 5) is 25.9. The summed E-state index contributed by atoms with van der Waals surface area (Å²) in [5, 5.41) is 0. The number of aryl methyl sites for hydroxylation is 2. The molecule has 2 fully saturated rings. The van der Waals surface area contributed by atoms with Crippen LogP contribution in [-0.2, 0) is 23.0 Å². The summed E-state index contributed by atoms with van der Waals surface area (Å²) >= 11 is 0. The number of pyridine rings is 2. The van der Waals surface area contributed by atoms with Gasteiger partial charge < -0.3 is 9.80 Å². The number of carbonyl (C=O) groups excluding carboxylic acids is 1. The molecular formula is C22H31Cl2N5O3S. The number of carbonyl (C=O) groups is 1. The molecule has 1 amide bonds. The van der Waals surface area contributed by atoms with Crippen molar-refractivity contribution < 1.29 is 13.2 Å². The first-order valence-electron chi connectivity index (χ1n) is 10.8. The SMILES string of the molecule is CCc1cnc(N2CCN(C(=O)c3ccc(CN4CCCS4(=O)=O)nc3)CC2)c(C)c1.Cl.Cl. The molecule has 2 aromatic heterocycles. The third kappa shape index (κ3) is 6.15. The van der Waals surface area contributed by atoms with Crippen molar-refractivity contribution in [3.05, 3.63) is 53.0 Å². The molecule has 0 atom stereocenters. The van der Waals surface area contributed by atoms with Gasteiger partial charge in [-0.3, -0.25) is 9.78 Å². The second-order valence-electron chi connectivity index (χ2n) is 8.16. The maximum absolute atomic E-state index is 12.9. The first-order valence-corrected chi connectivity index (χ1v) is 12.4. The smallest absolute Gasteiger partial charge is 0.255 e. The summed E-state index contributed by atoms with van der Waals surface area (Å²) < 4.78 is 25.4. The Kier molecular flexibility index (Phi) is 9.48. The fourth-order valence-corrected chi connectivity index (χ4v) is 5.64. The van der Waals surface area contributed by atoms with E-state index in [1.54, 1.807) is 18.3 Å². The summed E-state index contributed by atoms with van der Waals surface area (Å²) in [5.74, 6) is 1.15. The summed E-state index contributed by atoms with van der Waals surface area (Å²) in [6.07, 6.45) is 5.11. The number of hydrogen-bond acceptors (Lipinski definition) is 6. The van der Waals surface area contributed by atoms with Gasteiger partial charge >= 0.3 is 0 Å².